The van der Waals surface area contributed by atoms with Crippen LogP contribution in [0.5, 0.6) is 0 Å². The number of rotatable bonds is 2. The zero-order valence-electron chi connectivity index (χ0n) is 10.4. The number of halogens is 1. The highest BCUT2D eigenvalue weighted by atomic mass is 35.5. The maximum absolute atomic E-state index is 5.98. The van der Waals surface area contributed by atoms with E-state index in [0.717, 1.165) is 42.5 Å². The van der Waals surface area contributed by atoms with E-state index in [1.165, 1.54) is 0 Å². The Hall–Kier alpha value is -1.10. The SMILES string of the molecule is C[C@@H]1CNCCN1Cc1cn2cc(Cl)ccc2n1. The van der Waals surface area contributed by atoms with Gasteiger partial charge >= 0.3 is 0 Å². The van der Waals surface area contributed by atoms with E-state index in [9.17, 15) is 0 Å². The molecule has 2 aromatic heterocycles. The second kappa shape index (κ2) is 4.88. The van der Waals surface area contributed by atoms with Gasteiger partial charge in [-0.2, -0.15) is 0 Å². The molecule has 0 amide bonds. The minimum Gasteiger partial charge on any atom is -0.314 e. The minimum absolute atomic E-state index is 0.562. The van der Waals surface area contributed by atoms with Gasteiger partial charge in [-0.1, -0.05) is 11.6 Å². The van der Waals surface area contributed by atoms with Crippen molar-refractivity contribution in [3.8, 4) is 0 Å². The van der Waals surface area contributed by atoms with Crippen LogP contribution >= 0.6 is 11.6 Å². The summed E-state index contributed by atoms with van der Waals surface area (Å²) in [7, 11) is 0. The van der Waals surface area contributed by atoms with Crippen LogP contribution in [-0.2, 0) is 6.54 Å². The largest absolute Gasteiger partial charge is 0.314 e. The first-order valence-corrected chi connectivity index (χ1v) is 6.68. The molecule has 0 radical (unpaired) electrons. The van der Waals surface area contributed by atoms with E-state index in [1.54, 1.807) is 0 Å². The third-order valence-electron chi connectivity index (χ3n) is 3.47. The summed E-state index contributed by atoms with van der Waals surface area (Å²) >= 11 is 5.98. The van der Waals surface area contributed by atoms with Gasteiger partial charge in [-0.25, -0.2) is 4.98 Å². The number of fused-ring (bicyclic) bond motifs is 1. The van der Waals surface area contributed by atoms with Crippen LogP contribution in [0.2, 0.25) is 5.02 Å². The molecule has 0 aliphatic carbocycles. The molecular formula is C13H17ClN4. The second-order valence-electron chi connectivity index (χ2n) is 4.87. The number of aromatic nitrogens is 2. The Labute approximate surface area is 112 Å². The van der Waals surface area contributed by atoms with Crippen LogP contribution in [-0.4, -0.2) is 40.0 Å². The van der Waals surface area contributed by atoms with E-state index in [1.807, 2.05) is 22.7 Å². The number of hydrogen-bond donors (Lipinski definition) is 1. The summed E-state index contributed by atoms with van der Waals surface area (Å²) in [6.07, 6.45) is 3.96. The Morgan fingerprint density at radius 1 is 1.44 bits per heavy atom. The molecule has 3 heterocycles. The molecule has 0 unspecified atom stereocenters. The van der Waals surface area contributed by atoms with Gasteiger partial charge in [0.1, 0.15) is 5.65 Å². The van der Waals surface area contributed by atoms with Gasteiger partial charge in [0.15, 0.2) is 0 Å². The van der Waals surface area contributed by atoms with Crippen LogP contribution in [0.3, 0.4) is 0 Å². The summed E-state index contributed by atoms with van der Waals surface area (Å²) in [5.74, 6) is 0. The van der Waals surface area contributed by atoms with Crippen molar-refractivity contribution in [2.24, 2.45) is 0 Å². The Morgan fingerprint density at radius 3 is 3.17 bits per heavy atom. The lowest BCUT2D eigenvalue weighted by Crippen LogP contribution is -2.49. The van der Waals surface area contributed by atoms with Crippen molar-refractivity contribution in [3.05, 3.63) is 35.2 Å². The number of nitrogens with zero attached hydrogens (tertiary/aromatic N) is 3. The lowest BCUT2D eigenvalue weighted by molar-refractivity contribution is 0.164. The van der Waals surface area contributed by atoms with Crippen molar-refractivity contribution >= 4 is 17.2 Å². The fourth-order valence-electron chi connectivity index (χ4n) is 2.42. The molecule has 3 rings (SSSR count). The molecular weight excluding hydrogens is 248 g/mol. The lowest BCUT2D eigenvalue weighted by Gasteiger charge is -2.33. The Kier molecular flexibility index (Phi) is 3.24. The second-order valence-corrected chi connectivity index (χ2v) is 5.31. The fraction of sp³-hybridized carbons (Fsp3) is 0.462. The van der Waals surface area contributed by atoms with Crippen LogP contribution in [0.25, 0.3) is 5.65 Å². The van der Waals surface area contributed by atoms with Gasteiger partial charge < -0.3 is 9.72 Å². The van der Waals surface area contributed by atoms with Crippen LogP contribution in [0, 0.1) is 0 Å². The van der Waals surface area contributed by atoms with E-state index < -0.39 is 0 Å². The average molecular weight is 265 g/mol. The van der Waals surface area contributed by atoms with Crippen molar-refractivity contribution in [1.82, 2.24) is 19.6 Å². The molecule has 1 fully saturated rings. The summed E-state index contributed by atoms with van der Waals surface area (Å²) in [6.45, 7) is 6.35. The number of pyridine rings is 1. The van der Waals surface area contributed by atoms with Crippen molar-refractivity contribution < 1.29 is 0 Å². The highest BCUT2D eigenvalue weighted by molar-refractivity contribution is 6.30. The van der Waals surface area contributed by atoms with Gasteiger partial charge in [-0.05, 0) is 19.1 Å². The standard InChI is InChI=1S/C13H17ClN4/c1-10-6-15-4-5-17(10)8-12-9-18-7-11(14)2-3-13(18)16-12/h2-3,7,9-10,15H,4-6,8H2,1H3/t10-/m1/s1. The highest BCUT2D eigenvalue weighted by Crippen LogP contribution is 2.14. The van der Waals surface area contributed by atoms with Gasteiger partial charge in [0.2, 0.25) is 0 Å². The maximum atomic E-state index is 5.98. The normalized spacial score (nSPS) is 21.6. The third-order valence-corrected chi connectivity index (χ3v) is 3.69. The first-order valence-electron chi connectivity index (χ1n) is 6.30. The molecule has 0 aromatic carbocycles. The minimum atomic E-state index is 0.562. The molecule has 1 N–H and O–H groups in total. The Morgan fingerprint density at radius 2 is 2.33 bits per heavy atom. The molecule has 18 heavy (non-hydrogen) atoms. The number of hydrogen-bond acceptors (Lipinski definition) is 3. The van der Waals surface area contributed by atoms with E-state index >= 15 is 0 Å². The first kappa shape index (κ1) is 12.0. The van der Waals surface area contributed by atoms with Gasteiger partial charge in [0.05, 0.1) is 10.7 Å². The number of nitrogens with one attached hydrogen (secondary N) is 1. The molecule has 5 heteroatoms. The summed E-state index contributed by atoms with van der Waals surface area (Å²) < 4.78 is 1.99. The average Bonchev–Trinajstić information content (AvgIpc) is 2.73. The van der Waals surface area contributed by atoms with E-state index in [-0.39, 0.29) is 0 Å². The predicted molar refractivity (Wildman–Crippen MR) is 72.9 cm³/mol. The maximum Gasteiger partial charge on any atom is 0.137 e. The lowest BCUT2D eigenvalue weighted by atomic mass is 10.2. The molecule has 1 atom stereocenters. The molecule has 96 valence electrons. The van der Waals surface area contributed by atoms with Gasteiger partial charge in [0.25, 0.3) is 0 Å². The van der Waals surface area contributed by atoms with E-state index in [0.29, 0.717) is 6.04 Å². The molecule has 1 saturated heterocycles. The fourth-order valence-corrected chi connectivity index (χ4v) is 2.59. The molecule has 1 aliphatic heterocycles. The van der Waals surface area contributed by atoms with Gasteiger partial charge in [-0.3, -0.25) is 4.90 Å². The molecule has 2 aromatic rings. The number of piperazine rings is 1. The summed E-state index contributed by atoms with van der Waals surface area (Å²) in [5, 5.41) is 4.14. The summed E-state index contributed by atoms with van der Waals surface area (Å²) in [5.41, 5.74) is 2.06. The van der Waals surface area contributed by atoms with E-state index in [4.69, 9.17) is 11.6 Å². The smallest absolute Gasteiger partial charge is 0.137 e. The summed E-state index contributed by atoms with van der Waals surface area (Å²) in [4.78, 5) is 7.08. The molecule has 0 saturated carbocycles. The van der Waals surface area contributed by atoms with Crippen LogP contribution in [0.1, 0.15) is 12.6 Å². The Balaban J connectivity index is 1.81. The van der Waals surface area contributed by atoms with Crippen molar-refractivity contribution in [2.45, 2.75) is 19.5 Å². The quantitative estimate of drug-likeness (QED) is 0.898. The zero-order chi connectivity index (χ0) is 12.5. The van der Waals surface area contributed by atoms with Crippen LogP contribution in [0.15, 0.2) is 24.5 Å². The monoisotopic (exact) mass is 264 g/mol. The van der Waals surface area contributed by atoms with Crippen molar-refractivity contribution in [3.63, 3.8) is 0 Å². The molecule has 1 aliphatic rings. The predicted octanol–water partition coefficient (Wildman–Crippen LogP) is 1.78. The number of imidazole rings is 1. The van der Waals surface area contributed by atoms with Crippen molar-refractivity contribution in [1.29, 1.82) is 0 Å². The van der Waals surface area contributed by atoms with Crippen LogP contribution in [0.4, 0.5) is 0 Å². The van der Waals surface area contributed by atoms with Gasteiger partial charge in [-0.15, -0.1) is 0 Å². The summed E-state index contributed by atoms with van der Waals surface area (Å²) in [6, 6.07) is 4.39. The van der Waals surface area contributed by atoms with Gasteiger partial charge in [0, 0.05) is 44.6 Å². The third kappa shape index (κ3) is 2.36. The van der Waals surface area contributed by atoms with Crippen molar-refractivity contribution in [2.75, 3.05) is 19.6 Å². The zero-order valence-corrected chi connectivity index (χ0v) is 11.2. The van der Waals surface area contributed by atoms with E-state index in [2.05, 4.69) is 28.3 Å². The first-order chi connectivity index (χ1) is 8.72. The molecule has 4 nitrogen and oxygen atoms in total. The Bertz CT molecular complexity index is 551. The topological polar surface area (TPSA) is 32.6 Å². The molecule has 0 spiro atoms. The highest BCUT2D eigenvalue weighted by Gasteiger charge is 2.18. The molecule has 0 bridgehead atoms. The van der Waals surface area contributed by atoms with Crippen LogP contribution < -0.4 is 5.32 Å².